The summed E-state index contributed by atoms with van der Waals surface area (Å²) in [4.78, 5) is 5.93. The van der Waals surface area contributed by atoms with Crippen molar-refractivity contribution in [2.75, 3.05) is 5.75 Å². The Morgan fingerprint density at radius 3 is 3.07 bits per heavy atom. The van der Waals surface area contributed by atoms with Gasteiger partial charge in [-0.2, -0.15) is 0 Å². The van der Waals surface area contributed by atoms with Crippen LogP contribution in [0.2, 0.25) is 0 Å². The summed E-state index contributed by atoms with van der Waals surface area (Å²) in [6.45, 7) is 5.27. The van der Waals surface area contributed by atoms with Crippen LogP contribution in [0.25, 0.3) is 0 Å². The maximum atomic E-state index is 4.60. The molecule has 1 aromatic rings. The second kappa shape index (κ2) is 4.58. The van der Waals surface area contributed by atoms with Gasteiger partial charge in [0, 0.05) is 16.2 Å². The average Bonchev–Trinajstić information content (AvgIpc) is 2.65. The highest BCUT2D eigenvalue weighted by Gasteiger charge is 2.23. The molecular weight excluding hydrogens is 224 g/mol. The molecule has 0 aromatic carbocycles. The number of rotatable bonds is 2. The molecule has 2 rings (SSSR count). The lowest BCUT2D eigenvalue weighted by molar-refractivity contribution is 0.446. The van der Waals surface area contributed by atoms with E-state index in [-0.39, 0.29) is 5.54 Å². The highest BCUT2D eigenvalue weighted by atomic mass is 32.2. The molecule has 1 aromatic heterocycles. The van der Waals surface area contributed by atoms with Gasteiger partial charge in [0.15, 0.2) is 5.17 Å². The van der Waals surface area contributed by atoms with E-state index in [9.17, 15) is 0 Å². The van der Waals surface area contributed by atoms with E-state index in [2.05, 4.69) is 41.7 Å². The largest absolute Gasteiger partial charge is 0.360 e. The average molecular weight is 240 g/mol. The van der Waals surface area contributed by atoms with Gasteiger partial charge in [-0.25, -0.2) is 0 Å². The van der Waals surface area contributed by atoms with Gasteiger partial charge in [0.1, 0.15) is 0 Å². The number of thioether (sulfide) groups is 1. The molecule has 0 saturated carbocycles. The van der Waals surface area contributed by atoms with Crippen LogP contribution < -0.4 is 5.32 Å². The van der Waals surface area contributed by atoms with Crippen LogP contribution in [0, 0.1) is 0 Å². The predicted octanol–water partition coefficient (Wildman–Crippen LogP) is 3.11. The Kier molecular flexibility index (Phi) is 3.36. The van der Waals surface area contributed by atoms with Crippen molar-refractivity contribution in [3.05, 3.63) is 22.4 Å². The number of amidine groups is 1. The fraction of sp³-hybridized carbons (Fsp3) is 0.545. The number of nitrogens with zero attached hydrogens (tertiary/aromatic N) is 1. The molecule has 15 heavy (non-hydrogen) atoms. The standard InChI is InChI=1S/C11H16N2S2/c1-11(2)5-7-15-10(13-11)12-8-9-4-3-6-14-9/h3-4,6H,5,7-8H2,1-2H3,(H,12,13). The third-order valence-electron chi connectivity index (χ3n) is 2.37. The molecule has 0 atom stereocenters. The molecule has 0 amide bonds. The molecule has 0 aliphatic carbocycles. The molecule has 1 N–H and O–H groups in total. The van der Waals surface area contributed by atoms with Crippen LogP contribution in [0.3, 0.4) is 0 Å². The van der Waals surface area contributed by atoms with E-state index < -0.39 is 0 Å². The maximum Gasteiger partial charge on any atom is 0.157 e. The Bertz CT molecular complexity index is 341. The van der Waals surface area contributed by atoms with Crippen LogP contribution in [0.5, 0.6) is 0 Å². The summed E-state index contributed by atoms with van der Waals surface area (Å²) in [6, 6.07) is 4.21. The second-order valence-corrected chi connectivity index (χ2v) is 6.42. The van der Waals surface area contributed by atoms with Crippen molar-refractivity contribution in [1.29, 1.82) is 0 Å². The van der Waals surface area contributed by atoms with Crippen molar-refractivity contribution in [1.82, 2.24) is 5.32 Å². The van der Waals surface area contributed by atoms with Gasteiger partial charge in [-0.05, 0) is 31.7 Å². The Balaban J connectivity index is 1.95. The van der Waals surface area contributed by atoms with Crippen molar-refractivity contribution in [2.45, 2.75) is 32.4 Å². The number of hydrogen-bond donors (Lipinski definition) is 1. The first-order chi connectivity index (χ1) is 7.16. The summed E-state index contributed by atoms with van der Waals surface area (Å²) in [5, 5.41) is 6.67. The van der Waals surface area contributed by atoms with Gasteiger partial charge >= 0.3 is 0 Å². The van der Waals surface area contributed by atoms with Crippen molar-refractivity contribution in [3.63, 3.8) is 0 Å². The third-order valence-corrected chi connectivity index (χ3v) is 4.14. The molecule has 1 aliphatic rings. The predicted molar refractivity (Wildman–Crippen MR) is 69.7 cm³/mol. The Morgan fingerprint density at radius 2 is 2.40 bits per heavy atom. The molecular formula is C11H16N2S2. The normalized spacial score (nSPS) is 22.7. The Hall–Kier alpha value is -0.480. The van der Waals surface area contributed by atoms with Gasteiger partial charge in [-0.3, -0.25) is 4.99 Å². The summed E-state index contributed by atoms with van der Waals surface area (Å²) in [6.07, 6.45) is 1.20. The van der Waals surface area contributed by atoms with Gasteiger partial charge in [0.2, 0.25) is 0 Å². The second-order valence-electron chi connectivity index (χ2n) is 4.31. The van der Waals surface area contributed by atoms with Crippen molar-refractivity contribution in [2.24, 2.45) is 4.99 Å². The van der Waals surface area contributed by atoms with E-state index in [0.717, 1.165) is 11.7 Å². The van der Waals surface area contributed by atoms with Gasteiger partial charge in [0.05, 0.1) is 6.54 Å². The van der Waals surface area contributed by atoms with Crippen molar-refractivity contribution < 1.29 is 0 Å². The molecule has 2 heterocycles. The SMILES string of the molecule is CC1(C)CCSC(=NCc2cccs2)N1. The first kappa shape index (κ1) is 11.0. The third kappa shape index (κ3) is 3.24. The summed E-state index contributed by atoms with van der Waals surface area (Å²) < 4.78 is 0. The summed E-state index contributed by atoms with van der Waals surface area (Å²) in [5.74, 6) is 1.17. The topological polar surface area (TPSA) is 24.4 Å². The first-order valence-electron chi connectivity index (χ1n) is 5.13. The molecule has 2 nitrogen and oxygen atoms in total. The smallest absolute Gasteiger partial charge is 0.157 e. The van der Waals surface area contributed by atoms with Gasteiger partial charge in [-0.15, -0.1) is 11.3 Å². The van der Waals surface area contributed by atoms with E-state index in [1.54, 1.807) is 11.3 Å². The molecule has 0 spiro atoms. The number of thiophene rings is 1. The number of hydrogen-bond acceptors (Lipinski definition) is 3. The number of nitrogens with one attached hydrogen (secondary N) is 1. The van der Waals surface area contributed by atoms with Crippen LogP contribution in [-0.4, -0.2) is 16.5 Å². The molecule has 1 saturated heterocycles. The van der Waals surface area contributed by atoms with Gasteiger partial charge in [0.25, 0.3) is 0 Å². The van der Waals surface area contributed by atoms with Crippen LogP contribution in [0.15, 0.2) is 22.5 Å². The molecule has 0 bridgehead atoms. The van der Waals surface area contributed by atoms with Gasteiger partial charge in [-0.1, -0.05) is 17.8 Å². The first-order valence-corrected chi connectivity index (χ1v) is 7.00. The zero-order chi connectivity index (χ0) is 10.7. The molecule has 1 aliphatic heterocycles. The minimum absolute atomic E-state index is 0.208. The van der Waals surface area contributed by atoms with E-state index in [4.69, 9.17) is 0 Å². The van der Waals surface area contributed by atoms with Crippen LogP contribution in [0.1, 0.15) is 25.1 Å². The monoisotopic (exact) mass is 240 g/mol. The van der Waals surface area contributed by atoms with Crippen LogP contribution in [-0.2, 0) is 6.54 Å². The van der Waals surface area contributed by atoms with Crippen LogP contribution in [0.4, 0.5) is 0 Å². The molecule has 82 valence electrons. The maximum absolute atomic E-state index is 4.60. The highest BCUT2D eigenvalue weighted by molar-refractivity contribution is 8.13. The Morgan fingerprint density at radius 1 is 1.53 bits per heavy atom. The molecule has 1 fully saturated rings. The van der Waals surface area contributed by atoms with Crippen molar-refractivity contribution in [3.8, 4) is 0 Å². The fourth-order valence-corrected chi connectivity index (χ4v) is 3.37. The van der Waals surface area contributed by atoms with E-state index in [1.165, 1.54) is 17.1 Å². The van der Waals surface area contributed by atoms with Crippen molar-refractivity contribution >= 4 is 28.3 Å². The summed E-state index contributed by atoms with van der Waals surface area (Å²) in [5.41, 5.74) is 0.208. The van der Waals surface area contributed by atoms with E-state index in [1.807, 2.05) is 11.8 Å². The zero-order valence-corrected chi connectivity index (χ0v) is 10.8. The van der Waals surface area contributed by atoms with Crippen LogP contribution >= 0.6 is 23.1 Å². The molecule has 0 radical (unpaired) electrons. The Labute approximate surface area is 99.2 Å². The molecule has 0 unspecified atom stereocenters. The quantitative estimate of drug-likeness (QED) is 0.859. The molecule has 4 heteroatoms. The lowest BCUT2D eigenvalue weighted by atomic mass is 10.0. The fourth-order valence-electron chi connectivity index (χ4n) is 1.43. The lowest BCUT2D eigenvalue weighted by Crippen LogP contribution is -2.46. The van der Waals surface area contributed by atoms with E-state index >= 15 is 0 Å². The van der Waals surface area contributed by atoms with E-state index in [0.29, 0.717) is 0 Å². The minimum atomic E-state index is 0.208. The highest BCUT2D eigenvalue weighted by Crippen LogP contribution is 2.22. The number of aliphatic imine (C=N–C) groups is 1. The summed E-state index contributed by atoms with van der Waals surface area (Å²) >= 11 is 3.60. The van der Waals surface area contributed by atoms with Gasteiger partial charge < -0.3 is 5.32 Å². The zero-order valence-electron chi connectivity index (χ0n) is 9.12. The lowest BCUT2D eigenvalue weighted by Gasteiger charge is -2.32. The minimum Gasteiger partial charge on any atom is -0.360 e. The summed E-state index contributed by atoms with van der Waals surface area (Å²) in [7, 11) is 0.